The molecule has 0 aliphatic rings. The van der Waals surface area contributed by atoms with Gasteiger partial charge < -0.3 is 4.74 Å². The first kappa shape index (κ1) is 21.0. The van der Waals surface area contributed by atoms with Crippen LogP contribution in [0.5, 0.6) is 5.75 Å². The minimum atomic E-state index is -0.214. The van der Waals surface area contributed by atoms with Crippen LogP contribution in [-0.2, 0) is 0 Å². The summed E-state index contributed by atoms with van der Waals surface area (Å²) in [5.41, 5.74) is 6.78. The molecule has 0 radical (unpaired) electrons. The van der Waals surface area contributed by atoms with Crippen LogP contribution in [-0.4, -0.2) is 31.2 Å². The molecular formula is C28H23N5O2. The highest BCUT2D eigenvalue weighted by Gasteiger charge is 2.23. The van der Waals surface area contributed by atoms with Crippen LogP contribution in [0.2, 0.25) is 0 Å². The number of methoxy groups -OCH3 is 1. The molecule has 0 aliphatic heterocycles. The molecule has 0 aliphatic carbocycles. The van der Waals surface area contributed by atoms with Gasteiger partial charge in [0.15, 0.2) is 11.3 Å². The molecule has 35 heavy (non-hydrogen) atoms. The van der Waals surface area contributed by atoms with Gasteiger partial charge in [0.1, 0.15) is 22.5 Å². The van der Waals surface area contributed by atoms with E-state index in [4.69, 9.17) is 19.7 Å². The van der Waals surface area contributed by atoms with Crippen LogP contribution < -0.4 is 10.3 Å². The molecule has 0 amide bonds. The first-order valence-electron chi connectivity index (χ1n) is 11.4. The molecule has 7 heteroatoms. The number of hydrogen-bond acceptors (Lipinski definition) is 5. The molecule has 0 saturated carbocycles. The van der Waals surface area contributed by atoms with Crippen molar-refractivity contribution in [1.82, 2.24) is 24.1 Å². The number of benzene rings is 3. The molecule has 0 N–H and O–H groups in total. The third kappa shape index (κ3) is 3.12. The molecule has 6 rings (SSSR count). The quantitative estimate of drug-likeness (QED) is 0.362. The topological polar surface area (TPSA) is 74.8 Å². The lowest BCUT2D eigenvalue weighted by atomic mass is 10.1. The Labute approximate surface area is 201 Å². The lowest BCUT2D eigenvalue weighted by Crippen LogP contribution is -2.23. The second-order valence-electron chi connectivity index (χ2n) is 8.66. The Kier molecular flexibility index (Phi) is 4.67. The lowest BCUT2D eigenvalue weighted by Gasteiger charge is -2.14. The van der Waals surface area contributed by atoms with E-state index in [1.807, 2.05) is 66.1 Å². The zero-order chi connectivity index (χ0) is 24.3. The van der Waals surface area contributed by atoms with Gasteiger partial charge in [0.2, 0.25) is 0 Å². The van der Waals surface area contributed by atoms with Gasteiger partial charge >= 0.3 is 0 Å². The summed E-state index contributed by atoms with van der Waals surface area (Å²) >= 11 is 0. The molecule has 3 heterocycles. The molecule has 0 fully saturated rings. The van der Waals surface area contributed by atoms with E-state index in [1.54, 1.807) is 11.7 Å². The van der Waals surface area contributed by atoms with Gasteiger partial charge in [0.25, 0.3) is 5.56 Å². The van der Waals surface area contributed by atoms with Gasteiger partial charge in [-0.1, -0.05) is 30.3 Å². The van der Waals surface area contributed by atoms with Crippen molar-refractivity contribution in [3.63, 3.8) is 0 Å². The summed E-state index contributed by atoms with van der Waals surface area (Å²) in [6, 6.07) is 21.3. The first-order chi connectivity index (χ1) is 17.0. The minimum absolute atomic E-state index is 0.214. The van der Waals surface area contributed by atoms with Crippen LogP contribution in [0.4, 0.5) is 0 Å². The number of ether oxygens (including phenoxy) is 1. The van der Waals surface area contributed by atoms with Gasteiger partial charge in [-0.05, 0) is 68.3 Å². The Morgan fingerprint density at radius 3 is 2.20 bits per heavy atom. The van der Waals surface area contributed by atoms with Crippen molar-refractivity contribution in [3.8, 4) is 17.1 Å². The van der Waals surface area contributed by atoms with Gasteiger partial charge in [-0.2, -0.15) is 0 Å². The Morgan fingerprint density at radius 2 is 1.46 bits per heavy atom. The van der Waals surface area contributed by atoms with E-state index in [-0.39, 0.29) is 5.56 Å². The largest absolute Gasteiger partial charge is 0.495 e. The van der Waals surface area contributed by atoms with Crippen LogP contribution in [0.15, 0.2) is 71.5 Å². The number of para-hydroxylation sites is 4. The summed E-state index contributed by atoms with van der Waals surface area (Å²) in [4.78, 5) is 28.9. The average Bonchev–Trinajstić information content (AvgIpc) is 3.17. The highest BCUT2D eigenvalue weighted by molar-refractivity contribution is 6.06. The summed E-state index contributed by atoms with van der Waals surface area (Å²) < 4.78 is 9.07. The lowest BCUT2D eigenvalue weighted by molar-refractivity contribution is 0.412. The van der Waals surface area contributed by atoms with Crippen molar-refractivity contribution in [2.45, 2.75) is 20.8 Å². The van der Waals surface area contributed by atoms with E-state index in [0.29, 0.717) is 39.5 Å². The molecule has 0 bridgehead atoms. The summed E-state index contributed by atoms with van der Waals surface area (Å²) in [5, 5.41) is 0.424. The van der Waals surface area contributed by atoms with E-state index in [0.717, 1.165) is 22.3 Å². The van der Waals surface area contributed by atoms with Crippen LogP contribution in [0.25, 0.3) is 44.6 Å². The molecular weight excluding hydrogens is 438 g/mol. The molecule has 7 nitrogen and oxygen atoms in total. The van der Waals surface area contributed by atoms with Crippen molar-refractivity contribution in [1.29, 1.82) is 0 Å². The molecule has 0 spiro atoms. The highest BCUT2D eigenvalue weighted by Crippen LogP contribution is 2.31. The second-order valence-corrected chi connectivity index (χ2v) is 8.66. The maximum absolute atomic E-state index is 14.1. The van der Waals surface area contributed by atoms with Gasteiger partial charge in [0, 0.05) is 5.69 Å². The maximum Gasteiger partial charge on any atom is 0.270 e. The zero-order valence-electron chi connectivity index (χ0n) is 19.9. The van der Waals surface area contributed by atoms with Gasteiger partial charge in [-0.15, -0.1) is 0 Å². The number of aryl methyl sites for hydroxylation is 3. The summed E-state index contributed by atoms with van der Waals surface area (Å²) in [5.74, 6) is 1.14. The fourth-order valence-electron chi connectivity index (χ4n) is 4.60. The van der Waals surface area contributed by atoms with Crippen LogP contribution in [0.3, 0.4) is 0 Å². The van der Waals surface area contributed by atoms with E-state index >= 15 is 0 Å². The molecule has 0 saturated heterocycles. The Bertz CT molecular complexity index is 1850. The SMILES string of the molecule is COc1ccccc1-n1c(C)nc2c(c1=O)c1nc3ccccc3nc1n2-c1ccc(C)c(C)c1. The molecule has 3 aromatic carbocycles. The highest BCUT2D eigenvalue weighted by atomic mass is 16.5. The van der Waals surface area contributed by atoms with Crippen molar-refractivity contribution in [2.75, 3.05) is 7.11 Å². The second kappa shape index (κ2) is 7.77. The number of fused-ring (bicyclic) bond motifs is 4. The molecule has 0 unspecified atom stereocenters. The summed E-state index contributed by atoms with van der Waals surface area (Å²) in [6.07, 6.45) is 0. The molecule has 172 valence electrons. The molecule has 0 atom stereocenters. The third-order valence-corrected chi connectivity index (χ3v) is 6.52. The van der Waals surface area contributed by atoms with E-state index in [2.05, 4.69) is 26.0 Å². The number of nitrogens with zero attached hydrogens (tertiary/aromatic N) is 5. The first-order valence-corrected chi connectivity index (χ1v) is 11.4. The molecule has 6 aromatic rings. The average molecular weight is 462 g/mol. The minimum Gasteiger partial charge on any atom is -0.495 e. The van der Waals surface area contributed by atoms with E-state index in [9.17, 15) is 4.79 Å². The van der Waals surface area contributed by atoms with Crippen molar-refractivity contribution >= 4 is 33.2 Å². The van der Waals surface area contributed by atoms with Gasteiger partial charge in [-0.25, -0.2) is 15.0 Å². The predicted octanol–water partition coefficient (Wildman–Crippen LogP) is 5.21. The van der Waals surface area contributed by atoms with Crippen LogP contribution in [0.1, 0.15) is 17.0 Å². The van der Waals surface area contributed by atoms with E-state index < -0.39 is 0 Å². The summed E-state index contributed by atoms with van der Waals surface area (Å²) in [7, 11) is 1.59. The monoisotopic (exact) mass is 461 g/mol. The zero-order valence-corrected chi connectivity index (χ0v) is 19.9. The number of hydrogen-bond donors (Lipinski definition) is 0. The standard InChI is InChI=1S/C28H23N5O2/c1-16-13-14-19(15-17(16)2)33-26-24(25-27(33)31-21-10-6-5-9-20(21)30-25)28(34)32(18(3)29-26)22-11-7-8-12-23(22)35-4/h5-15H,1-4H3. The van der Waals surface area contributed by atoms with Gasteiger partial charge in [0.05, 0.1) is 23.8 Å². The van der Waals surface area contributed by atoms with Crippen molar-refractivity contribution in [3.05, 3.63) is 94.0 Å². The predicted molar refractivity (Wildman–Crippen MR) is 138 cm³/mol. The number of aromatic nitrogens is 5. The van der Waals surface area contributed by atoms with Crippen LogP contribution in [0, 0.1) is 20.8 Å². The summed E-state index contributed by atoms with van der Waals surface area (Å²) in [6.45, 7) is 5.97. The Hall–Kier alpha value is -4.52. The Morgan fingerprint density at radius 1 is 0.743 bits per heavy atom. The smallest absolute Gasteiger partial charge is 0.270 e. The fraction of sp³-hybridized carbons (Fsp3) is 0.143. The Balaban J connectivity index is 1.81. The van der Waals surface area contributed by atoms with Crippen LogP contribution >= 0.6 is 0 Å². The maximum atomic E-state index is 14.1. The number of rotatable bonds is 3. The third-order valence-electron chi connectivity index (χ3n) is 6.52. The van der Waals surface area contributed by atoms with Gasteiger partial charge in [-0.3, -0.25) is 13.9 Å². The van der Waals surface area contributed by atoms with Crippen molar-refractivity contribution in [2.24, 2.45) is 0 Å². The normalized spacial score (nSPS) is 11.5. The molecule has 3 aromatic heterocycles. The fourth-order valence-corrected chi connectivity index (χ4v) is 4.60. The van der Waals surface area contributed by atoms with E-state index in [1.165, 1.54) is 5.56 Å². The van der Waals surface area contributed by atoms with Crippen molar-refractivity contribution < 1.29 is 4.74 Å².